The Labute approximate surface area is 160 Å². The molecule has 2 aromatic carbocycles. The van der Waals surface area contributed by atoms with Crippen molar-refractivity contribution in [3.05, 3.63) is 107 Å². The number of benzene rings is 2. The van der Waals surface area contributed by atoms with E-state index in [-0.39, 0.29) is 5.56 Å². The topological polar surface area (TPSA) is 52.1 Å². The normalized spacial score (nSPS) is 10.4. The molecule has 0 spiro atoms. The van der Waals surface area contributed by atoms with Crippen LogP contribution in [0.25, 0.3) is 33.0 Å². The predicted molar refractivity (Wildman–Crippen MR) is 105 cm³/mol. The third-order valence-electron chi connectivity index (χ3n) is 4.24. The summed E-state index contributed by atoms with van der Waals surface area (Å²) in [6.45, 7) is 7.41. The van der Waals surface area contributed by atoms with Crippen molar-refractivity contribution in [1.82, 2.24) is 14.5 Å². The van der Waals surface area contributed by atoms with Crippen LogP contribution in [0.4, 0.5) is 10.1 Å². The fourth-order valence-corrected chi connectivity index (χ4v) is 2.96. The van der Waals surface area contributed by atoms with Crippen LogP contribution in [0.15, 0.2) is 84.0 Å². The molecule has 0 radical (unpaired) electrons. The fourth-order valence-electron chi connectivity index (χ4n) is 2.96. The summed E-state index contributed by atoms with van der Waals surface area (Å²) in [6.07, 6.45) is 4.79. The molecule has 0 atom stereocenters. The molecule has 0 aliphatic heterocycles. The minimum absolute atomic E-state index is 0.320. The van der Waals surface area contributed by atoms with Crippen molar-refractivity contribution in [2.24, 2.45) is 0 Å². The Morgan fingerprint density at radius 2 is 1.71 bits per heavy atom. The minimum atomic E-state index is -0.450. The highest BCUT2D eigenvalue weighted by Gasteiger charge is 2.15. The molecule has 0 unspecified atom stereocenters. The van der Waals surface area contributed by atoms with Crippen LogP contribution in [0.1, 0.15) is 0 Å². The van der Waals surface area contributed by atoms with Gasteiger partial charge < -0.3 is 0 Å². The van der Waals surface area contributed by atoms with Gasteiger partial charge in [0.2, 0.25) is 0 Å². The van der Waals surface area contributed by atoms with E-state index in [9.17, 15) is 9.18 Å². The van der Waals surface area contributed by atoms with Crippen LogP contribution >= 0.6 is 0 Å². The average Bonchev–Trinajstić information content (AvgIpc) is 2.74. The van der Waals surface area contributed by atoms with E-state index in [0.717, 1.165) is 0 Å². The van der Waals surface area contributed by atoms with Crippen LogP contribution in [-0.2, 0) is 0 Å². The lowest BCUT2D eigenvalue weighted by atomic mass is 10.0. The lowest BCUT2D eigenvalue weighted by Gasteiger charge is -2.12. The van der Waals surface area contributed by atoms with Crippen molar-refractivity contribution in [3.8, 4) is 28.2 Å². The number of hydrogen-bond acceptors (Lipinski definition) is 3. The highest BCUT2D eigenvalue weighted by atomic mass is 19.1. The van der Waals surface area contributed by atoms with Gasteiger partial charge in [-0.15, -0.1) is 0 Å². The first-order chi connectivity index (χ1) is 13.7. The second-order valence-electron chi connectivity index (χ2n) is 6.00. The number of halogens is 1. The first-order valence-corrected chi connectivity index (χ1v) is 8.44. The van der Waals surface area contributed by atoms with Crippen LogP contribution < -0.4 is 5.56 Å². The predicted octanol–water partition coefficient (Wildman–Crippen LogP) is 4.65. The van der Waals surface area contributed by atoms with Gasteiger partial charge in [-0.1, -0.05) is 30.3 Å². The van der Waals surface area contributed by atoms with Crippen molar-refractivity contribution in [2.45, 2.75) is 0 Å². The van der Waals surface area contributed by atoms with Gasteiger partial charge in [-0.05, 0) is 35.9 Å². The Balaban J connectivity index is 2.05. The summed E-state index contributed by atoms with van der Waals surface area (Å²) in [5.74, 6) is -0.0249. The summed E-state index contributed by atoms with van der Waals surface area (Å²) in [7, 11) is 0. The van der Waals surface area contributed by atoms with Crippen LogP contribution in [0.3, 0.4) is 0 Å². The number of pyridine rings is 1. The van der Waals surface area contributed by atoms with Gasteiger partial charge in [0.05, 0.1) is 12.3 Å². The van der Waals surface area contributed by atoms with Gasteiger partial charge >= 0.3 is 0 Å². The SMILES string of the molecule is [C-]#[N+]c1ccccc1-c1cc(-c2ncccn2)cn(-c2cccc(F)c2)c1=O. The Bertz CT molecular complexity index is 1260. The van der Waals surface area contributed by atoms with E-state index in [0.29, 0.717) is 33.9 Å². The maximum Gasteiger partial charge on any atom is 0.261 e. The molecular weight excluding hydrogens is 355 g/mol. The van der Waals surface area contributed by atoms with Crippen LogP contribution in [0.5, 0.6) is 0 Å². The van der Waals surface area contributed by atoms with Crippen molar-refractivity contribution in [3.63, 3.8) is 0 Å². The molecule has 0 aliphatic rings. The summed E-state index contributed by atoms with van der Waals surface area (Å²) in [5, 5.41) is 0. The van der Waals surface area contributed by atoms with E-state index >= 15 is 0 Å². The fraction of sp³-hybridized carbons (Fsp3) is 0. The van der Waals surface area contributed by atoms with E-state index in [1.54, 1.807) is 61.1 Å². The lowest BCUT2D eigenvalue weighted by molar-refractivity contribution is 0.626. The Morgan fingerprint density at radius 3 is 2.46 bits per heavy atom. The van der Waals surface area contributed by atoms with Crippen LogP contribution in [0, 0.1) is 12.4 Å². The zero-order valence-corrected chi connectivity index (χ0v) is 14.6. The van der Waals surface area contributed by atoms with Gasteiger partial charge in [0.15, 0.2) is 11.5 Å². The Morgan fingerprint density at radius 1 is 0.929 bits per heavy atom. The number of rotatable bonds is 3. The summed E-state index contributed by atoms with van der Waals surface area (Å²) < 4.78 is 15.1. The van der Waals surface area contributed by atoms with Gasteiger partial charge in [-0.25, -0.2) is 19.2 Å². The van der Waals surface area contributed by atoms with E-state index < -0.39 is 5.82 Å². The quantitative estimate of drug-likeness (QED) is 0.495. The first kappa shape index (κ1) is 17.3. The third-order valence-corrected chi connectivity index (χ3v) is 4.24. The highest BCUT2D eigenvalue weighted by molar-refractivity contribution is 5.80. The molecule has 0 saturated heterocycles. The number of hydrogen-bond donors (Lipinski definition) is 0. The molecule has 2 aromatic heterocycles. The zero-order chi connectivity index (χ0) is 19.5. The lowest BCUT2D eigenvalue weighted by Crippen LogP contribution is -2.20. The van der Waals surface area contributed by atoms with E-state index in [4.69, 9.17) is 6.57 Å². The molecule has 0 aliphatic carbocycles. The molecule has 0 saturated carbocycles. The third kappa shape index (κ3) is 3.17. The summed E-state index contributed by atoms with van der Waals surface area (Å²) in [5.41, 5.74) is 1.78. The molecule has 4 rings (SSSR count). The standard InChI is InChI=1S/C22H13FN4O/c1-24-20-9-3-2-8-18(20)19-12-15(21-25-10-5-11-26-21)14-27(22(19)28)17-7-4-6-16(23)13-17/h2-14H. The first-order valence-electron chi connectivity index (χ1n) is 8.44. The average molecular weight is 368 g/mol. The monoisotopic (exact) mass is 368 g/mol. The van der Waals surface area contributed by atoms with Gasteiger partial charge in [-0.3, -0.25) is 9.36 Å². The number of para-hydroxylation sites is 1. The van der Waals surface area contributed by atoms with Crippen LogP contribution in [0.2, 0.25) is 0 Å². The molecule has 0 N–H and O–H groups in total. The van der Waals surface area contributed by atoms with E-state index in [1.807, 2.05) is 0 Å². The summed E-state index contributed by atoms with van der Waals surface area (Å²) in [6, 6.07) is 16.0. The van der Waals surface area contributed by atoms with Gasteiger partial charge in [0, 0.05) is 29.7 Å². The molecular formula is C22H13FN4O. The highest BCUT2D eigenvalue weighted by Crippen LogP contribution is 2.30. The largest absolute Gasteiger partial charge is 0.283 e. The zero-order valence-electron chi connectivity index (χ0n) is 14.6. The summed E-state index contributed by atoms with van der Waals surface area (Å²) >= 11 is 0. The van der Waals surface area contributed by atoms with Gasteiger partial charge in [0.25, 0.3) is 5.56 Å². The second kappa shape index (κ2) is 7.25. The maximum absolute atomic E-state index is 13.8. The molecule has 0 fully saturated rings. The van der Waals surface area contributed by atoms with Crippen molar-refractivity contribution in [1.29, 1.82) is 0 Å². The second-order valence-corrected chi connectivity index (χ2v) is 6.00. The van der Waals surface area contributed by atoms with Crippen LogP contribution in [-0.4, -0.2) is 14.5 Å². The molecule has 5 nitrogen and oxygen atoms in total. The Kier molecular flexibility index (Phi) is 4.48. The minimum Gasteiger partial charge on any atom is -0.283 e. The Hall–Kier alpha value is -4.11. The van der Waals surface area contributed by atoms with Crippen molar-refractivity contribution in [2.75, 3.05) is 0 Å². The van der Waals surface area contributed by atoms with Crippen molar-refractivity contribution < 1.29 is 4.39 Å². The maximum atomic E-state index is 13.8. The van der Waals surface area contributed by atoms with Gasteiger partial charge in [0.1, 0.15) is 5.82 Å². The molecule has 4 aromatic rings. The molecule has 2 heterocycles. The summed E-state index contributed by atoms with van der Waals surface area (Å²) in [4.78, 5) is 25.2. The van der Waals surface area contributed by atoms with Gasteiger partial charge in [-0.2, -0.15) is 0 Å². The molecule has 0 amide bonds. The molecule has 134 valence electrons. The molecule has 28 heavy (non-hydrogen) atoms. The van der Waals surface area contributed by atoms with E-state index in [1.165, 1.54) is 22.8 Å². The van der Waals surface area contributed by atoms with E-state index in [2.05, 4.69) is 14.8 Å². The smallest absolute Gasteiger partial charge is 0.261 e. The molecule has 6 heteroatoms. The number of aromatic nitrogens is 3. The number of nitrogens with zero attached hydrogens (tertiary/aromatic N) is 4. The molecule has 0 bridgehead atoms. The van der Waals surface area contributed by atoms with Crippen molar-refractivity contribution >= 4 is 5.69 Å².